The number of hydrogen-bond donors (Lipinski definition) is 2. The molecule has 9 heteroatoms. The third-order valence-electron chi connectivity index (χ3n) is 6.08. The first-order chi connectivity index (χ1) is 17.0. The number of nitrogens with one attached hydrogen (secondary N) is 1. The number of ether oxygens (including phenoxy) is 2. The lowest BCUT2D eigenvalue weighted by atomic mass is 10.1. The summed E-state index contributed by atoms with van der Waals surface area (Å²) in [5.74, 6) is 1.97. The molecule has 2 aromatic heterocycles. The Kier molecular flexibility index (Phi) is 6.72. The molecule has 1 aliphatic heterocycles. The predicted molar refractivity (Wildman–Crippen MR) is 134 cm³/mol. The highest BCUT2D eigenvalue weighted by Gasteiger charge is 2.32. The number of benzene rings is 2. The Hall–Kier alpha value is -3.40. The van der Waals surface area contributed by atoms with Gasteiger partial charge < -0.3 is 29.2 Å². The molecule has 5 rings (SSSR count). The molecule has 1 saturated heterocycles. The van der Waals surface area contributed by atoms with Crippen LogP contribution in [0.25, 0.3) is 22.1 Å². The molecule has 2 aromatic carbocycles. The maximum absolute atomic E-state index is 9.60. The minimum Gasteiger partial charge on any atom is -0.493 e. The third kappa shape index (κ3) is 5.02. The van der Waals surface area contributed by atoms with E-state index in [2.05, 4.69) is 35.9 Å². The fourth-order valence-corrected chi connectivity index (χ4v) is 4.32. The van der Waals surface area contributed by atoms with Crippen LogP contribution in [0, 0.1) is 0 Å². The normalized spacial score (nSPS) is 18.2. The van der Waals surface area contributed by atoms with E-state index < -0.39 is 0 Å². The molecule has 0 spiro atoms. The number of hydrogen-bond acceptors (Lipinski definition) is 8. The number of imidazole rings is 1. The first-order valence-corrected chi connectivity index (χ1v) is 11.8. The summed E-state index contributed by atoms with van der Waals surface area (Å²) in [6, 6.07) is 13.6. The molecule has 0 radical (unpaired) electrons. The number of aliphatic hydroxyl groups excluding tert-OH is 1. The zero-order valence-corrected chi connectivity index (χ0v) is 20.1. The largest absolute Gasteiger partial charge is 0.493 e. The highest BCUT2D eigenvalue weighted by molar-refractivity contribution is 5.79. The maximum atomic E-state index is 9.60. The van der Waals surface area contributed by atoms with E-state index >= 15 is 0 Å². The summed E-state index contributed by atoms with van der Waals surface area (Å²) in [6.07, 6.45) is 0.894. The average molecular weight is 478 g/mol. The van der Waals surface area contributed by atoms with Crippen molar-refractivity contribution < 1.29 is 19.0 Å². The second-order valence-corrected chi connectivity index (χ2v) is 9.01. The van der Waals surface area contributed by atoms with Crippen LogP contribution >= 0.6 is 0 Å². The molecule has 9 nitrogen and oxygen atoms in total. The number of rotatable bonds is 10. The third-order valence-corrected chi connectivity index (χ3v) is 6.08. The van der Waals surface area contributed by atoms with Crippen molar-refractivity contribution in [3.8, 4) is 5.75 Å². The van der Waals surface area contributed by atoms with Gasteiger partial charge in [0.2, 0.25) is 11.8 Å². The van der Waals surface area contributed by atoms with Crippen LogP contribution in [0.4, 0.5) is 5.95 Å². The Morgan fingerprint density at radius 3 is 2.86 bits per heavy atom. The SMILES string of the molecule is C=C1C[C@H](n2c(NCc3nc4ccc(OCCCN(C)C)cc4o3)nc3ccccc32)O[C@@H]1CO. The van der Waals surface area contributed by atoms with Gasteiger partial charge in [0.05, 0.1) is 30.8 Å². The Balaban J connectivity index is 1.32. The van der Waals surface area contributed by atoms with E-state index in [0.29, 0.717) is 37.0 Å². The summed E-state index contributed by atoms with van der Waals surface area (Å²) in [4.78, 5) is 11.5. The van der Waals surface area contributed by atoms with Crippen LogP contribution in [0.1, 0.15) is 25.0 Å². The molecule has 0 aliphatic carbocycles. The van der Waals surface area contributed by atoms with Crippen LogP contribution in [-0.2, 0) is 11.3 Å². The van der Waals surface area contributed by atoms with Crippen LogP contribution < -0.4 is 10.1 Å². The maximum Gasteiger partial charge on any atom is 0.214 e. The molecule has 0 bridgehead atoms. The Bertz CT molecular complexity index is 1330. The lowest BCUT2D eigenvalue weighted by molar-refractivity contribution is -0.0133. The number of fused-ring (bicyclic) bond motifs is 2. The molecular formula is C26H31N5O4. The van der Waals surface area contributed by atoms with Gasteiger partial charge in [-0.2, -0.15) is 0 Å². The Labute approximate surface area is 204 Å². The molecule has 1 aliphatic rings. The molecule has 0 unspecified atom stereocenters. The molecule has 3 heterocycles. The van der Waals surface area contributed by atoms with Crippen molar-refractivity contribution in [3.63, 3.8) is 0 Å². The first-order valence-electron chi connectivity index (χ1n) is 11.8. The van der Waals surface area contributed by atoms with Gasteiger partial charge in [-0.15, -0.1) is 0 Å². The van der Waals surface area contributed by atoms with Crippen LogP contribution in [0.3, 0.4) is 0 Å². The number of aliphatic hydroxyl groups is 1. The monoisotopic (exact) mass is 477 g/mol. The standard InChI is InChI=1S/C26H31N5O4/c1-17-13-25(35-23(17)16-32)31-21-8-5-4-7-19(21)29-26(31)27-15-24-28-20-10-9-18(14-22(20)34-24)33-12-6-11-30(2)3/h4-5,7-10,14,23,25,32H,1,6,11-13,15-16H2,2-3H3,(H,27,29)/t23-,25-/m1/s1. The van der Waals surface area contributed by atoms with E-state index in [1.165, 1.54) is 0 Å². The number of anilines is 1. The van der Waals surface area contributed by atoms with Crippen molar-refractivity contribution >= 4 is 28.1 Å². The second kappa shape index (κ2) is 10.1. The summed E-state index contributed by atoms with van der Waals surface area (Å²) in [6.45, 7) is 5.95. The number of oxazole rings is 1. The second-order valence-electron chi connectivity index (χ2n) is 9.01. The summed E-state index contributed by atoms with van der Waals surface area (Å²) < 4.78 is 19.9. The smallest absolute Gasteiger partial charge is 0.214 e. The van der Waals surface area contributed by atoms with Crippen molar-refractivity contribution in [2.45, 2.75) is 31.7 Å². The van der Waals surface area contributed by atoms with Gasteiger partial charge in [-0.25, -0.2) is 9.97 Å². The van der Waals surface area contributed by atoms with Gasteiger partial charge in [-0.3, -0.25) is 4.57 Å². The number of nitrogens with zero attached hydrogens (tertiary/aromatic N) is 4. The van der Waals surface area contributed by atoms with Crippen LogP contribution in [0.15, 0.2) is 59.0 Å². The van der Waals surface area contributed by atoms with Crippen LogP contribution in [0.5, 0.6) is 5.75 Å². The Morgan fingerprint density at radius 1 is 1.20 bits per heavy atom. The quantitative estimate of drug-likeness (QED) is 0.262. The number of para-hydroxylation sites is 2. The van der Waals surface area contributed by atoms with Gasteiger partial charge in [-0.05, 0) is 50.4 Å². The topological polar surface area (TPSA) is 97.8 Å². The van der Waals surface area contributed by atoms with Gasteiger partial charge in [0, 0.05) is 19.0 Å². The van der Waals surface area contributed by atoms with E-state index in [-0.39, 0.29) is 18.9 Å². The summed E-state index contributed by atoms with van der Waals surface area (Å²) >= 11 is 0. The lowest BCUT2D eigenvalue weighted by Gasteiger charge is -2.17. The molecule has 4 aromatic rings. The highest BCUT2D eigenvalue weighted by atomic mass is 16.5. The average Bonchev–Trinajstić information content (AvgIpc) is 3.53. The molecular weight excluding hydrogens is 446 g/mol. The predicted octanol–water partition coefficient (Wildman–Crippen LogP) is 3.96. The number of aromatic nitrogens is 3. The minimum atomic E-state index is -0.370. The van der Waals surface area contributed by atoms with E-state index in [1.807, 2.05) is 47.0 Å². The fraction of sp³-hybridized carbons (Fsp3) is 0.385. The molecule has 2 N–H and O–H groups in total. The zero-order valence-electron chi connectivity index (χ0n) is 20.1. The zero-order chi connectivity index (χ0) is 24.4. The van der Waals surface area contributed by atoms with Crippen molar-refractivity contribution in [3.05, 3.63) is 60.5 Å². The fourth-order valence-electron chi connectivity index (χ4n) is 4.32. The molecule has 1 fully saturated rings. The van der Waals surface area contributed by atoms with E-state index in [1.54, 1.807) is 0 Å². The van der Waals surface area contributed by atoms with Crippen LogP contribution in [0.2, 0.25) is 0 Å². The highest BCUT2D eigenvalue weighted by Crippen LogP contribution is 2.36. The molecule has 35 heavy (non-hydrogen) atoms. The minimum absolute atomic E-state index is 0.0883. The van der Waals surface area contributed by atoms with Crippen molar-refractivity contribution in [1.29, 1.82) is 0 Å². The van der Waals surface area contributed by atoms with Crippen molar-refractivity contribution in [2.75, 3.05) is 39.2 Å². The summed E-state index contributed by atoms with van der Waals surface area (Å²) in [5, 5.41) is 13.0. The van der Waals surface area contributed by atoms with E-state index in [9.17, 15) is 5.11 Å². The molecule has 0 saturated carbocycles. The van der Waals surface area contributed by atoms with Gasteiger partial charge in [0.25, 0.3) is 0 Å². The lowest BCUT2D eigenvalue weighted by Crippen LogP contribution is -2.17. The van der Waals surface area contributed by atoms with Gasteiger partial charge >= 0.3 is 0 Å². The molecule has 2 atom stereocenters. The van der Waals surface area contributed by atoms with Crippen LogP contribution in [-0.4, -0.2) is 64.5 Å². The Morgan fingerprint density at radius 2 is 2.06 bits per heavy atom. The molecule has 184 valence electrons. The van der Waals surface area contributed by atoms with Gasteiger partial charge in [0.15, 0.2) is 5.58 Å². The molecule has 0 amide bonds. The van der Waals surface area contributed by atoms with E-state index in [4.69, 9.17) is 18.9 Å². The van der Waals surface area contributed by atoms with Gasteiger partial charge in [0.1, 0.15) is 23.6 Å². The van der Waals surface area contributed by atoms with Crippen molar-refractivity contribution in [1.82, 2.24) is 19.4 Å². The first kappa shape index (κ1) is 23.3. The van der Waals surface area contributed by atoms with E-state index in [0.717, 1.165) is 40.8 Å². The van der Waals surface area contributed by atoms with Crippen molar-refractivity contribution in [2.24, 2.45) is 0 Å². The summed E-state index contributed by atoms with van der Waals surface area (Å²) in [7, 11) is 4.10. The summed E-state index contributed by atoms with van der Waals surface area (Å²) in [5.41, 5.74) is 4.13. The van der Waals surface area contributed by atoms with Gasteiger partial charge in [-0.1, -0.05) is 18.7 Å².